The van der Waals surface area contributed by atoms with Crippen LogP contribution in [0.15, 0.2) is 29.3 Å². The molecule has 0 radical (unpaired) electrons. The van der Waals surface area contributed by atoms with Crippen LogP contribution >= 0.6 is 24.0 Å². The molecule has 1 aliphatic rings. The molecule has 2 rings (SSSR count). The van der Waals surface area contributed by atoms with Crippen molar-refractivity contribution in [3.05, 3.63) is 29.8 Å². The van der Waals surface area contributed by atoms with Gasteiger partial charge in [0.1, 0.15) is 12.4 Å². The van der Waals surface area contributed by atoms with Gasteiger partial charge in [-0.25, -0.2) is 0 Å². The highest BCUT2D eigenvalue weighted by Crippen LogP contribution is 2.25. The number of nitrogens with one attached hydrogen (secondary N) is 1. The third kappa shape index (κ3) is 7.12. The number of benzene rings is 1. The van der Waals surface area contributed by atoms with E-state index in [0.717, 1.165) is 50.9 Å². The Hall–Kier alpha value is -1.06. The van der Waals surface area contributed by atoms with Crippen LogP contribution in [0.25, 0.3) is 0 Å². The van der Waals surface area contributed by atoms with Gasteiger partial charge in [0.25, 0.3) is 0 Å². The highest BCUT2D eigenvalue weighted by molar-refractivity contribution is 14.0. The van der Waals surface area contributed by atoms with E-state index in [9.17, 15) is 0 Å². The fraction of sp³-hybridized carbons (Fsp3) is 0.650. The van der Waals surface area contributed by atoms with Crippen molar-refractivity contribution in [3.8, 4) is 5.75 Å². The van der Waals surface area contributed by atoms with E-state index in [-0.39, 0.29) is 29.5 Å². The van der Waals surface area contributed by atoms with Crippen LogP contribution in [-0.2, 0) is 4.74 Å². The molecule has 0 atom stereocenters. The van der Waals surface area contributed by atoms with Crippen molar-refractivity contribution in [3.63, 3.8) is 0 Å². The number of likely N-dealkylation sites (N-methyl/N-ethyl adjacent to an activating group) is 2. The molecule has 1 aromatic rings. The molecule has 1 fully saturated rings. The Kier molecular flexibility index (Phi) is 10.4. The third-order valence-electron chi connectivity index (χ3n) is 5.24. The Morgan fingerprint density at radius 2 is 1.81 bits per heavy atom. The molecular weight excluding hydrogens is 455 g/mol. The van der Waals surface area contributed by atoms with Crippen molar-refractivity contribution in [1.82, 2.24) is 15.1 Å². The van der Waals surface area contributed by atoms with E-state index < -0.39 is 0 Å². The zero-order valence-corrected chi connectivity index (χ0v) is 19.7. The number of aliphatic imine (C=N–C) groups is 1. The molecule has 1 heterocycles. The first-order valence-electron chi connectivity index (χ1n) is 9.33. The second-order valence-corrected chi connectivity index (χ2v) is 7.21. The standard InChI is InChI=1S/C20H34N4O2.HI/c1-17-6-8-18(9-7-17)26-15-12-24(5)19(21-2)22-16-20(23(3)4)10-13-25-14-11-20;/h6-9H,10-16H2,1-5H3,(H,21,22);1H. The molecule has 0 bridgehead atoms. The summed E-state index contributed by atoms with van der Waals surface area (Å²) in [5, 5.41) is 3.54. The molecule has 0 amide bonds. The highest BCUT2D eigenvalue weighted by atomic mass is 127. The highest BCUT2D eigenvalue weighted by Gasteiger charge is 2.35. The average molecular weight is 490 g/mol. The maximum atomic E-state index is 5.83. The predicted molar refractivity (Wildman–Crippen MR) is 123 cm³/mol. The molecule has 1 aromatic carbocycles. The lowest BCUT2D eigenvalue weighted by atomic mass is 9.88. The van der Waals surface area contributed by atoms with Crippen molar-refractivity contribution in [2.45, 2.75) is 25.3 Å². The summed E-state index contributed by atoms with van der Waals surface area (Å²) in [6.45, 7) is 5.96. The second-order valence-electron chi connectivity index (χ2n) is 7.21. The zero-order valence-electron chi connectivity index (χ0n) is 17.3. The number of aryl methyl sites for hydroxylation is 1. The molecule has 7 heteroatoms. The van der Waals surface area contributed by atoms with Gasteiger partial charge in [0, 0.05) is 39.4 Å². The van der Waals surface area contributed by atoms with Crippen LogP contribution in [-0.4, -0.2) is 82.4 Å². The van der Waals surface area contributed by atoms with Gasteiger partial charge in [-0.15, -0.1) is 24.0 Å². The number of hydrogen-bond acceptors (Lipinski definition) is 4. The molecule has 0 aromatic heterocycles. The summed E-state index contributed by atoms with van der Waals surface area (Å²) < 4.78 is 11.4. The fourth-order valence-corrected chi connectivity index (χ4v) is 3.20. The van der Waals surface area contributed by atoms with Crippen molar-refractivity contribution in [1.29, 1.82) is 0 Å². The van der Waals surface area contributed by atoms with E-state index >= 15 is 0 Å². The van der Waals surface area contributed by atoms with E-state index in [4.69, 9.17) is 9.47 Å². The molecule has 1 N–H and O–H groups in total. The minimum atomic E-state index is 0. The summed E-state index contributed by atoms with van der Waals surface area (Å²) in [6.07, 6.45) is 2.06. The van der Waals surface area contributed by atoms with Crippen molar-refractivity contribution in [2.24, 2.45) is 4.99 Å². The summed E-state index contributed by atoms with van der Waals surface area (Å²) in [5.41, 5.74) is 1.36. The number of guanidine groups is 1. The van der Waals surface area contributed by atoms with E-state index in [1.165, 1.54) is 5.56 Å². The van der Waals surface area contributed by atoms with Gasteiger partial charge >= 0.3 is 0 Å². The van der Waals surface area contributed by atoms with Gasteiger partial charge in [0.05, 0.1) is 6.54 Å². The van der Waals surface area contributed by atoms with E-state index in [1.54, 1.807) is 0 Å². The summed E-state index contributed by atoms with van der Waals surface area (Å²) in [4.78, 5) is 8.85. The first-order chi connectivity index (χ1) is 12.5. The fourth-order valence-electron chi connectivity index (χ4n) is 3.20. The smallest absolute Gasteiger partial charge is 0.193 e. The predicted octanol–water partition coefficient (Wildman–Crippen LogP) is 2.61. The minimum Gasteiger partial charge on any atom is -0.492 e. The molecule has 0 unspecified atom stereocenters. The van der Waals surface area contributed by atoms with Crippen LogP contribution in [0.2, 0.25) is 0 Å². The van der Waals surface area contributed by atoms with Crippen molar-refractivity contribution < 1.29 is 9.47 Å². The summed E-state index contributed by atoms with van der Waals surface area (Å²) in [5.74, 6) is 1.80. The molecule has 0 saturated carbocycles. The minimum absolute atomic E-state index is 0. The van der Waals surface area contributed by atoms with E-state index in [0.29, 0.717) is 6.61 Å². The van der Waals surface area contributed by atoms with Crippen LogP contribution in [0.3, 0.4) is 0 Å². The van der Waals surface area contributed by atoms with Gasteiger partial charge in [-0.3, -0.25) is 4.99 Å². The average Bonchev–Trinajstić information content (AvgIpc) is 2.64. The topological polar surface area (TPSA) is 49.3 Å². The first-order valence-corrected chi connectivity index (χ1v) is 9.33. The first kappa shape index (κ1) is 24.0. The zero-order chi connectivity index (χ0) is 19.0. The molecule has 1 aliphatic heterocycles. The van der Waals surface area contributed by atoms with Crippen molar-refractivity contribution in [2.75, 3.05) is 61.1 Å². The molecule has 27 heavy (non-hydrogen) atoms. The van der Waals surface area contributed by atoms with Gasteiger partial charge in [-0.2, -0.15) is 0 Å². The number of nitrogens with zero attached hydrogens (tertiary/aromatic N) is 3. The van der Waals surface area contributed by atoms with Gasteiger partial charge in [0.2, 0.25) is 0 Å². The lowest BCUT2D eigenvalue weighted by Gasteiger charge is -2.43. The molecule has 0 aliphatic carbocycles. The van der Waals surface area contributed by atoms with Gasteiger partial charge < -0.3 is 24.6 Å². The molecule has 154 valence electrons. The van der Waals surface area contributed by atoms with Crippen molar-refractivity contribution >= 4 is 29.9 Å². The van der Waals surface area contributed by atoms with E-state index in [2.05, 4.69) is 53.3 Å². The Morgan fingerprint density at radius 3 is 2.37 bits per heavy atom. The summed E-state index contributed by atoms with van der Waals surface area (Å²) in [7, 11) is 8.16. The largest absolute Gasteiger partial charge is 0.492 e. The van der Waals surface area contributed by atoms with Crippen LogP contribution in [0.5, 0.6) is 5.75 Å². The number of halogens is 1. The summed E-state index contributed by atoms with van der Waals surface area (Å²) in [6, 6.07) is 8.14. The van der Waals surface area contributed by atoms with Gasteiger partial charge in [-0.1, -0.05) is 17.7 Å². The molecular formula is C20H35IN4O2. The number of hydrogen-bond donors (Lipinski definition) is 1. The van der Waals surface area contributed by atoms with Gasteiger partial charge in [-0.05, 0) is 46.0 Å². The molecule has 1 saturated heterocycles. The molecule has 0 spiro atoms. The quantitative estimate of drug-likeness (QED) is 0.362. The van der Waals surface area contributed by atoms with Crippen LogP contribution < -0.4 is 10.1 Å². The second kappa shape index (κ2) is 11.7. The van der Waals surface area contributed by atoms with Crippen LogP contribution in [0.4, 0.5) is 0 Å². The van der Waals surface area contributed by atoms with Crippen LogP contribution in [0.1, 0.15) is 18.4 Å². The molecule has 6 nitrogen and oxygen atoms in total. The SMILES string of the molecule is CN=C(NCC1(N(C)C)CCOCC1)N(C)CCOc1ccc(C)cc1.I. The third-order valence-corrected chi connectivity index (χ3v) is 5.24. The van der Waals surface area contributed by atoms with E-state index in [1.807, 2.05) is 26.2 Å². The lowest BCUT2D eigenvalue weighted by molar-refractivity contribution is -0.00522. The Labute approximate surface area is 181 Å². The maximum Gasteiger partial charge on any atom is 0.193 e. The Morgan fingerprint density at radius 1 is 1.19 bits per heavy atom. The maximum absolute atomic E-state index is 5.83. The normalized spacial score (nSPS) is 16.6. The summed E-state index contributed by atoms with van der Waals surface area (Å²) >= 11 is 0. The Bertz CT molecular complexity index is 572. The number of rotatable bonds is 7. The van der Waals surface area contributed by atoms with Crippen LogP contribution in [0, 0.1) is 6.92 Å². The van der Waals surface area contributed by atoms with Gasteiger partial charge in [0.15, 0.2) is 5.96 Å². The monoisotopic (exact) mass is 490 g/mol. The number of ether oxygens (including phenoxy) is 2. The Balaban J connectivity index is 0.00000364. The lowest BCUT2D eigenvalue weighted by Crippen LogP contribution is -2.57.